The first-order chi connectivity index (χ1) is 9.64. The molecule has 110 valence electrons. The maximum atomic E-state index is 12.8. The van der Waals surface area contributed by atoms with Gasteiger partial charge in [0.2, 0.25) is 5.91 Å². The summed E-state index contributed by atoms with van der Waals surface area (Å²) in [6.07, 6.45) is 1.86. The molecule has 1 aliphatic rings. The minimum atomic E-state index is -0.310. The van der Waals surface area contributed by atoms with Gasteiger partial charge in [-0.05, 0) is 44.4 Å². The predicted octanol–water partition coefficient (Wildman–Crippen LogP) is 2.19. The average molecular weight is 276 g/mol. The fourth-order valence-electron chi connectivity index (χ4n) is 2.58. The molecule has 2 rings (SSSR count). The van der Waals surface area contributed by atoms with Gasteiger partial charge >= 0.3 is 0 Å². The van der Waals surface area contributed by atoms with Crippen LogP contribution in [-0.2, 0) is 14.9 Å². The molecule has 1 amide bonds. The Kier molecular flexibility index (Phi) is 4.65. The van der Waals surface area contributed by atoms with E-state index in [0.29, 0.717) is 19.8 Å². The third-order valence-electron chi connectivity index (χ3n) is 4.00. The Balaban J connectivity index is 2.08. The molecule has 0 radical (unpaired) electrons. The van der Waals surface area contributed by atoms with Gasteiger partial charge in [-0.3, -0.25) is 4.79 Å². The normalized spacial score (nSPS) is 15.9. The summed E-state index contributed by atoms with van der Waals surface area (Å²) >= 11 is 0. The molecular formula is C16H24N2O2. The molecule has 20 heavy (non-hydrogen) atoms. The third kappa shape index (κ3) is 2.96. The highest BCUT2D eigenvalue weighted by Crippen LogP contribution is 2.49. The number of likely N-dealkylation sites (N-methyl/N-ethyl adjacent to an activating group) is 1. The van der Waals surface area contributed by atoms with Gasteiger partial charge in [0.15, 0.2) is 0 Å². The molecule has 1 saturated carbocycles. The van der Waals surface area contributed by atoms with Gasteiger partial charge in [0, 0.05) is 25.4 Å². The van der Waals surface area contributed by atoms with E-state index in [1.807, 2.05) is 43.0 Å². The minimum Gasteiger partial charge on any atom is -0.399 e. The van der Waals surface area contributed by atoms with Crippen LogP contribution in [0.5, 0.6) is 0 Å². The SMILES string of the molecule is CCOCCN(CC)C(=O)C1(c2ccc(N)cc2)CC1. The van der Waals surface area contributed by atoms with Crippen LogP contribution in [-0.4, -0.2) is 37.1 Å². The lowest BCUT2D eigenvalue weighted by atomic mass is 9.94. The number of nitrogen functional groups attached to an aromatic ring is 1. The lowest BCUT2D eigenvalue weighted by Gasteiger charge is -2.26. The van der Waals surface area contributed by atoms with Crippen LogP contribution >= 0.6 is 0 Å². The van der Waals surface area contributed by atoms with E-state index in [9.17, 15) is 4.79 Å². The van der Waals surface area contributed by atoms with E-state index in [2.05, 4.69) is 0 Å². The fraction of sp³-hybridized carbons (Fsp3) is 0.562. The molecule has 2 N–H and O–H groups in total. The van der Waals surface area contributed by atoms with Crippen molar-refractivity contribution < 1.29 is 9.53 Å². The van der Waals surface area contributed by atoms with E-state index < -0.39 is 0 Å². The highest BCUT2D eigenvalue weighted by molar-refractivity contribution is 5.91. The van der Waals surface area contributed by atoms with Crippen LogP contribution < -0.4 is 5.73 Å². The molecule has 0 bridgehead atoms. The number of anilines is 1. The Morgan fingerprint density at radius 3 is 2.45 bits per heavy atom. The van der Waals surface area contributed by atoms with Crippen molar-refractivity contribution in [2.24, 2.45) is 0 Å². The van der Waals surface area contributed by atoms with Crippen LogP contribution in [0.3, 0.4) is 0 Å². The molecular weight excluding hydrogens is 252 g/mol. The summed E-state index contributed by atoms with van der Waals surface area (Å²) < 4.78 is 5.36. The molecule has 4 heteroatoms. The standard InChI is InChI=1S/C16H24N2O2/c1-3-18(11-12-20-4-2)15(19)16(9-10-16)13-5-7-14(17)8-6-13/h5-8H,3-4,9-12,17H2,1-2H3. The third-order valence-corrected chi connectivity index (χ3v) is 4.00. The number of carbonyl (C=O) groups is 1. The quantitative estimate of drug-likeness (QED) is 0.613. The zero-order valence-electron chi connectivity index (χ0n) is 12.4. The summed E-state index contributed by atoms with van der Waals surface area (Å²) in [7, 11) is 0. The maximum Gasteiger partial charge on any atom is 0.233 e. The van der Waals surface area contributed by atoms with E-state index >= 15 is 0 Å². The van der Waals surface area contributed by atoms with Gasteiger partial charge in [-0.1, -0.05) is 12.1 Å². The van der Waals surface area contributed by atoms with Crippen LogP contribution in [0.25, 0.3) is 0 Å². The number of ether oxygens (including phenoxy) is 1. The second-order valence-corrected chi connectivity index (χ2v) is 5.29. The number of hydrogen-bond acceptors (Lipinski definition) is 3. The number of hydrogen-bond donors (Lipinski definition) is 1. The van der Waals surface area contributed by atoms with Gasteiger partial charge in [-0.2, -0.15) is 0 Å². The molecule has 1 fully saturated rings. The summed E-state index contributed by atoms with van der Waals surface area (Å²) in [6.45, 7) is 6.67. The van der Waals surface area contributed by atoms with Crippen molar-refractivity contribution in [2.45, 2.75) is 32.1 Å². The van der Waals surface area contributed by atoms with E-state index in [-0.39, 0.29) is 11.3 Å². The summed E-state index contributed by atoms with van der Waals surface area (Å²) in [5.74, 6) is 0.226. The van der Waals surface area contributed by atoms with Crippen molar-refractivity contribution in [1.82, 2.24) is 4.90 Å². The highest BCUT2D eigenvalue weighted by atomic mass is 16.5. The van der Waals surface area contributed by atoms with Crippen LogP contribution in [0.4, 0.5) is 5.69 Å². The zero-order valence-corrected chi connectivity index (χ0v) is 12.4. The van der Waals surface area contributed by atoms with E-state index in [0.717, 1.165) is 30.6 Å². The maximum absolute atomic E-state index is 12.8. The Bertz CT molecular complexity index is 452. The van der Waals surface area contributed by atoms with Crippen LogP contribution in [0.2, 0.25) is 0 Å². The van der Waals surface area contributed by atoms with Crippen molar-refractivity contribution >= 4 is 11.6 Å². The van der Waals surface area contributed by atoms with Gasteiger partial charge in [-0.15, -0.1) is 0 Å². The lowest BCUT2D eigenvalue weighted by molar-refractivity contribution is -0.134. The Hall–Kier alpha value is -1.55. The first kappa shape index (κ1) is 14.9. The molecule has 0 spiro atoms. The number of nitrogens with zero attached hydrogens (tertiary/aromatic N) is 1. The van der Waals surface area contributed by atoms with E-state index in [4.69, 9.17) is 10.5 Å². The lowest BCUT2D eigenvalue weighted by Crippen LogP contribution is -2.41. The second kappa shape index (κ2) is 6.27. The molecule has 0 saturated heterocycles. The molecule has 0 aromatic heterocycles. The number of rotatable bonds is 7. The molecule has 0 aliphatic heterocycles. The summed E-state index contributed by atoms with van der Waals surface area (Å²) in [5, 5.41) is 0. The van der Waals surface area contributed by atoms with Crippen molar-refractivity contribution in [3.63, 3.8) is 0 Å². The number of carbonyl (C=O) groups excluding carboxylic acids is 1. The Morgan fingerprint density at radius 1 is 1.30 bits per heavy atom. The predicted molar refractivity (Wildman–Crippen MR) is 80.5 cm³/mol. The molecule has 1 aliphatic carbocycles. The molecule has 1 aromatic rings. The highest BCUT2D eigenvalue weighted by Gasteiger charge is 2.52. The van der Waals surface area contributed by atoms with Gasteiger partial charge in [0.05, 0.1) is 12.0 Å². The average Bonchev–Trinajstić information content (AvgIpc) is 3.25. The van der Waals surface area contributed by atoms with Gasteiger partial charge in [0.1, 0.15) is 0 Å². The molecule has 0 heterocycles. The summed E-state index contributed by atoms with van der Waals surface area (Å²) in [6, 6.07) is 7.71. The molecule has 0 unspecified atom stereocenters. The van der Waals surface area contributed by atoms with Crippen molar-refractivity contribution in [3.05, 3.63) is 29.8 Å². The van der Waals surface area contributed by atoms with E-state index in [1.165, 1.54) is 0 Å². The number of nitrogens with two attached hydrogens (primary N) is 1. The van der Waals surface area contributed by atoms with Gasteiger partial charge < -0.3 is 15.4 Å². The van der Waals surface area contributed by atoms with Gasteiger partial charge in [-0.25, -0.2) is 0 Å². The first-order valence-corrected chi connectivity index (χ1v) is 7.37. The molecule has 1 aromatic carbocycles. The largest absolute Gasteiger partial charge is 0.399 e. The molecule has 0 atom stereocenters. The van der Waals surface area contributed by atoms with Crippen molar-refractivity contribution in [2.75, 3.05) is 32.0 Å². The number of benzene rings is 1. The fourth-order valence-corrected chi connectivity index (χ4v) is 2.58. The zero-order chi connectivity index (χ0) is 14.6. The Labute approximate surface area is 120 Å². The number of amides is 1. The molecule has 4 nitrogen and oxygen atoms in total. The smallest absolute Gasteiger partial charge is 0.233 e. The Morgan fingerprint density at radius 2 is 1.95 bits per heavy atom. The minimum absolute atomic E-state index is 0.226. The van der Waals surface area contributed by atoms with Crippen LogP contribution in [0.1, 0.15) is 32.3 Å². The second-order valence-electron chi connectivity index (χ2n) is 5.29. The van der Waals surface area contributed by atoms with Crippen LogP contribution in [0.15, 0.2) is 24.3 Å². The summed E-state index contributed by atoms with van der Waals surface area (Å²) in [5.41, 5.74) is 7.24. The topological polar surface area (TPSA) is 55.6 Å². The van der Waals surface area contributed by atoms with Crippen molar-refractivity contribution in [1.29, 1.82) is 0 Å². The van der Waals surface area contributed by atoms with Gasteiger partial charge in [0.25, 0.3) is 0 Å². The van der Waals surface area contributed by atoms with Crippen LogP contribution in [0, 0.1) is 0 Å². The van der Waals surface area contributed by atoms with E-state index in [1.54, 1.807) is 0 Å². The monoisotopic (exact) mass is 276 g/mol. The first-order valence-electron chi connectivity index (χ1n) is 7.37. The van der Waals surface area contributed by atoms with Crippen molar-refractivity contribution in [3.8, 4) is 0 Å². The summed E-state index contributed by atoms with van der Waals surface area (Å²) in [4.78, 5) is 14.7.